The van der Waals surface area contributed by atoms with Gasteiger partial charge in [0.25, 0.3) is 0 Å². The maximum Gasteiger partial charge on any atom is 0.466 e. The Kier molecular flexibility index (Phi) is 14.1. The Morgan fingerprint density at radius 1 is 0.679 bits per heavy atom. The highest BCUT2D eigenvalue weighted by Crippen LogP contribution is 2.49. The Hall–Kier alpha value is -1.70. The summed E-state index contributed by atoms with van der Waals surface area (Å²) in [5.41, 5.74) is 1.82. The van der Waals surface area contributed by atoms with Crippen LogP contribution < -0.4 is 26.5 Å². The van der Waals surface area contributed by atoms with Gasteiger partial charge in [-0.2, -0.15) is 0 Å². The number of hydrogen-bond acceptors (Lipinski definition) is 8. The lowest BCUT2D eigenvalue weighted by atomic mass is 10.1. The van der Waals surface area contributed by atoms with Crippen molar-refractivity contribution in [1.82, 2.24) is 12.3 Å². The second-order valence-corrected chi connectivity index (χ2v) is 6.41. The molecule has 1 aromatic carbocycles. The van der Waals surface area contributed by atoms with E-state index in [-0.39, 0.29) is 12.3 Å². The summed E-state index contributed by atoms with van der Waals surface area (Å²) >= 11 is 0. The van der Waals surface area contributed by atoms with Gasteiger partial charge >= 0.3 is 15.6 Å². The van der Waals surface area contributed by atoms with E-state index in [9.17, 15) is 0 Å². The van der Waals surface area contributed by atoms with E-state index in [1.165, 1.54) is 0 Å². The smallest absolute Gasteiger partial charge is 0.466 e. The summed E-state index contributed by atoms with van der Waals surface area (Å²) in [6.07, 6.45) is 1.90. The number of methoxy groups -OCH3 is 4. The average Bonchev–Trinajstić information content (AvgIpc) is 2.83. The standard InChI is InChI=1S/C12H14O4.2H3N.2H3O4P/c1-13-9-6-7-5-8(9)11(15-3)12(16-4)10(7)14-2;;;2*1-5(2,3)4/h5-6H,1-4H3;2*1H3;2*(H3,1,2,3,4). The summed E-state index contributed by atoms with van der Waals surface area (Å²) in [5, 5.41) is 0. The second-order valence-electron chi connectivity index (χ2n) is 4.35. The van der Waals surface area contributed by atoms with E-state index in [2.05, 4.69) is 0 Å². The van der Waals surface area contributed by atoms with Gasteiger partial charge in [0.15, 0.2) is 11.5 Å². The summed E-state index contributed by atoms with van der Waals surface area (Å²) in [6.45, 7) is 0. The first kappa shape index (κ1) is 31.0. The molecular formula is C12H26N2O12P2. The molecule has 0 saturated carbocycles. The lowest BCUT2D eigenvalue weighted by Crippen LogP contribution is -1.97. The van der Waals surface area contributed by atoms with Gasteiger partial charge in [-0.3, -0.25) is 0 Å². The zero-order valence-corrected chi connectivity index (χ0v) is 17.4. The Bertz CT molecular complexity index is 706. The van der Waals surface area contributed by atoms with Gasteiger partial charge < -0.3 is 60.6 Å². The Morgan fingerprint density at radius 3 is 1.32 bits per heavy atom. The minimum atomic E-state index is -4.64. The molecule has 16 heteroatoms. The molecule has 2 bridgehead atoms. The highest BCUT2D eigenvalue weighted by atomic mass is 31.2. The highest BCUT2D eigenvalue weighted by molar-refractivity contribution is 7.45. The topological polar surface area (TPSA) is 262 Å². The van der Waals surface area contributed by atoms with Crippen molar-refractivity contribution in [2.45, 2.75) is 0 Å². The number of fused-ring (bicyclic) bond motifs is 2. The molecule has 0 amide bonds. The third-order valence-corrected chi connectivity index (χ3v) is 2.60. The molecular weight excluding hydrogens is 426 g/mol. The Balaban J connectivity index is -0.000000441. The van der Waals surface area contributed by atoms with E-state index in [0.717, 1.165) is 16.9 Å². The van der Waals surface area contributed by atoms with Crippen molar-refractivity contribution in [2.75, 3.05) is 28.4 Å². The number of benzene rings is 1. The third-order valence-electron chi connectivity index (χ3n) is 2.60. The van der Waals surface area contributed by atoms with Crippen LogP contribution in [-0.2, 0) is 13.9 Å². The molecule has 0 aliphatic heterocycles. The molecule has 0 unspecified atom stereocenters. The van der Waals surface area contributed by atoms with Crippen molar-refractivity contribution in [3.8, 4) is 17.2 Å². The van der Waals surface area contributed by atoms with Gasteiger partial charge in [-0.1, -0.05) is 0 Å². The quantitative estimate of drug-likeness (QED) is 0.291. The SMILES string of the molecule is COC1=Cc2cc1c(OC)c(OC)c2OC.N.N.O=P(O)(O)O.O=P(O)(O)O. The monoisotopic (exact) mass is 452 g/mol. The van der Waals surface area contributed by atoms with E-state index < -0.39 is 15.6 Å². The Labute approximate surface area is 161 Å². The van der Waals surface area contributed by atoms with Gasteiger partial charge in [0.1, 0.15) is 5.76 Å². The predicted molar refractivity (Wildman–Crippen MR) is 99.5 cm³/mol. The molecule has 166 valence electrons. The maximum absolute atomic E-state index is 8.88. The molecule has 14 nitrogen and oxygen atoms in total. The molecule has 1 aliphatic rings. The van der Waals surface area contributed by atoms with Crippen molar-refractivity contribution in [3.05, 3.63) is 17.2 Å². The number of hydrogen-bond donors (Lipinski definition) is 8. The van der Waals surface area contributed by atoms with E-state index in [0.29, 0.717) is 17.2 Å². The van der Waals surface area contributed by atoms with Crippen LogP contribution in [0.1, 0.15) is 11.1 Å². The minimum absolute atomic E-state index is 0. The van der Waals surface area contributed by atoms with Crippen LogP contribution in [0.3, 0.4) is 0 Å². The van der Waals surface area contributed by atoms with Gasteiger partial charge in [0.05, 0.1) is 34.0 Å². The van der Waals surface area contributed by atoms with Crippen LogP contribution in [0.15, 0.2) is 6.07 Å². The summed E-state index contributed by atoms with van der Waals surface area (Å²) in [4.78, 5) is 43.1. The second kappa shape index (κ2) is 12.7. The molecule has 1 aromatic rings. The summed E-state index contributed by atoms with van der Waals surface area (Å²) < 4.78 is 39.0. The number of phosphoric acid groups is 2. The zero-order chi connectivity index (χ0) is 20.7. The van der Waals surface area contributed by atoms with Crippen molar-refractivity contribution < 1.29 is 57.4 Å². The zero-order valence-electron chi connectivity index (χ0n) is 15.6. The number of rotatable bonds is 4. The van der Waals surface area contributed by atoms with Crippen molar-refractivity contribution in [3.63, 3.8) is 0 Å². The molecule has 0 radical (unpaired) electrons. The van der Waals surface area contributed by atoms with E-state index >= 15 is 0 Å². The molecule has 2 rings (SSSR count). The minimum Gasteiger partial charge on any atom is -0.496 e. The normalized spacial score (nSPS) is 11.1. The lowest BCUT2D eigenvalue weighted by molar-refractivity contribution is 0.272. The fourth-order valence-electron chi connectivity index (χ4n) is 1.92. The predicted octanol–water partition coefficient (Wildman–Crippen LogP) is 0.637. The largest absolute Gasteiger partial charge is 0.496 e. The van der Waals surface area contributed by atoms with Crippen LogP contribution in [0.4, 0.5) is 0 Å². The molecule has 1 aliphatic carbocycles. The first-order valence-corrected chi connectivity index (χ1v) is 9.55. The highest BCUT2D eigenvalue weighted by Gasteiger charge is 2.26. The summed E-state index contributed by atoms with van der Waals surface area (Å²) in [7, 11) is -2.86. The lowest BCUT2D eigenvalue weighted by Gasteiger charge is -2.14. The van der Waals surface area contributed by atoms with Crippen LogP contribution in [0, 0.1) is 0 Å². The summed E-state index contributed by atoms with van der Waals surface area (Å²) in [5.74, 6) is 2.65. The molecule has 0 saturated heterocycles. The van der Waals surface area contributed by atoms with Crippen molar-refractivity contribution in [1.29, 1.82) is 0 Å². The maximum atomic E-state index is 8.88. The van der Waals surface area contributed by atoms with Crippen LogP contribution in [0.2, 0.25) is 0 Å². The molecule has 0 fully saturated rings. The van der Waals surface area contributed by atoms with Crippen molar-refractivity contribution in [2.24, 2.45) is 0 Å². The third kappa shape index (κ3) is 11.2. The van der Waals surface area contributed by atoms with Crippen LogP contribution in [-0.4, -0.2) is 57.8 Å². The van der Waals surface area contributed by atoms with Crippen LogP contribution >= 0.6 is 15.6 Å². The van der Waals surface area contributed by atoms with Crippen LogP contribution in [0.25, 0.3) is 11.8 Å². The molecule has 0 atom stereocenters. The van der Waals surface area contributed by atoms with Crippen LogP contribution in [0.5, 0.6) is 17.2 Å². The fourth-order valence-corrected chi connectivity index (χ4v) is 1.92. The van der Waals surface area contributed by atoms with E-state index in [4.69, 9.17) is 57.4 Å². The fraction of sp³-hybridized carbons (Fsp3) is 0.333. The molecule has 28 heavy (non-hydrogen) atoms. The Morgan fingerprint density at radius 2 is 1.04 bits per heavy atom. The average molecular weight is 452 g/mol. The first-order valence-electron chi connectivity index (χ1n) is 6.42. The summed E-state index contributed by atoms with van der Waals surface area (Å²) in [6, 6.07) is 1.96. The van der Waals surface area contributed by atoms with E-state index in [1.807, 2.05) is 12.1 Å². The van der Waals surface area contributed by atoms with E-state index in [1.54, 1.807) is 28.4 Å². The molecule has 0 spiro atoms. The molecule has 0 aromatic heterocycles. The molecule has 12 N–H and O–H groups in total. The van der Waals surface area contributed by atoms with Gasteiger partial charge in [-0.05, 0) is 12.1 Å². The van der Waals surface area contributed by atoms with Gasteiger partial charge in [-0.15, -0.1) is 0 Å². The van der Waals surface area contributed by atoms with Gasteiger partial charge in [0, 0.05) is 5.56 Å². The molecule has 0 heterocycles. The van der Waals surface area contributed by atoms with Gasteiger partial charge in [0.2, 0.25) is 5.75 Å². The number of ether oxygens (including phenoxy) is 4. The van der Waals surface area contributed by atoms with Gasteiger partial charge in [-0.25, -0.2) is 9.13 Å². The van der Waals surface area contributed by atoms with Crippen molar-refractivity contribution >= 4 is 27.5 Å². The first-order chi connectivity index (χ1) is 11.8.